The van der Waals surface area contributed by atoms with Gasteiger partial charge < -0.3 is 9.84 Å². The van der Waals surface area contributed by atoms with Crippen LogP contribution in [0.25, 0.3) is 0 Å². The molecule has 6 heteroatoms. The van der Waals surface area contributed by atoms with Crippen LogP contribution in [-0.4, -0.2) is 11.1 Å². The van der Waals surface area contributed by atoms with Crippen molar-refractivity contribution in [1.29, 1.82) is 0 Å². The molecule has 1 N–H and O–H groups in total. The van der Waals surface area contributed by atoms with E-state index in [2.05, 4.69) is 15.9 Å². The Morgan fingerprint density at radius 3 is 2.82 bits per heavy atom. The summed E-state index contributed by atoms with van der Waals surface area (Å²) in [5.41, 5.74) is 2.75. The molecule has 22 heavy (non-hydrogen) atoms. The van der Waals surface area contributed by atoms with Gasteiger partial charge in [0.25, 0.3) is 0 Å². The lowest BCUT2D eigenvalue weighted by atomic mass is 10.1. The zero-order chi connectivity index (χ0) is 15.5. The first-order valence-electron chi connectivity index (χ1n) is 6.91. The molecule has 3 aromatic heterocycles. The van der Waals surface area contributed by atoms with Gasteiger partial charge in [0.05, 0.1) is 18.2 Å². The van der Waals surface area contributed by atoms with Gasteiger partial charge in [0.2, 0.25) is 5.91 Å². The van der Waals surface area contributed by atoms with E-state index in [4.69, 9.17) is 4.52 Å². The average Bonchev–Trinajstić information content (AvgIpc) is 3.23. The number of hydrogen-bond acceptors (Lipinski definition) is 5. The molecule has 1 unspecified atom stereocenters. The van der Waals surface area contributed by atoms with Crippen molar-refractivity contribution in [2.24, 2.45) is 0 Å². The smallest absolute Gasteiger partial charge is 0.225 e. The van der Waals surface area contributed by atoms with E-state index < -0.39 is 0 Å². The number of nitrogens with one attached hydrogen (secondary N) is 1. The lowest BCUT2D eigenvalue weighted by Gasteiger charge is -2.16. The van der Waals surface area contributed by atoms with Crippen LogP contribution in [0, 0.1) is 13.8 Å². The quantitative estimate of drug-likeness (QED) is 0.772. The zero-order valence-electron chi connectivity index (χ0n) is 12.3. The van der Waals surface area contributed by atoms with Crippen LogP contribution in [0.3, 0.4) is 0 Å². The molecule has 0 aliphatic rings. The van der Waals surface area contributed by atoms with Crippen molar-refractivity contribution in [3.63, 3.8) is 0 Å². The number of carbonyl (C=O) groups is 1. The SMILES string of the molecule is Cc1noc(C)c1CC(=O)NC(c1ccsc1)c1cccs1. The van der Waals surface area contributed by atoms with Crippen molar-refractivity contribution in [2.75, 3.05) is 0 Å². The molecule has 0 aliphatic carbocycles. The van der Waals surface area contributed by atoms with Crippen molar-refractivity contribution >= 4 is 28.6 Å². The molecule has 0 radical (unpaired) electrons. The van der Waals surface area contributed by atoms with Gasteiger partial charge in [0.15, 0.2) is 0 Å². The number of nitrogens with zero attached hydrogens (tertiary/aromatic N) is 1. The Morgan fingerprint density at radius 1 is 1.36 bits per heavy atom. The standard InChI is InChI=1S/C16H16N2O2S2/c1-10-13(11(2)20-18-10)8-15(19)17-16(12-5-7-21-9-12)14-4-3-6-22-14/h3-7,9,16H,8H2,1-2H3,(H,17,19). The molecule has 1 atom stereocenters. The first-order chi connectivity index (χ1) is 10.6. The van der Waals surface area contributed by atoms with Gasteiger partial charge in [-0.15, -0.1) is 11.3 Å². The summed E-state index contributed by atoms with van der Waals surface area (Å²) < 4.78 is 5.12. The van der Waals surface area contributed by atoms with Crippen molar-refractivity contribution in [2.45, 2.75) is 26.3 Å². The maximum Gasteiger partial charge on any atom is 0.225 e. The number of hydrogen-bond donors (Lipinski definition) is 1. The molecule has 3 heterocycles. The molecule has 0 aromatic carbocycles. The van der Waals surface area contributed by atoms with E-state index in [-0.39, 0.29) is 18.4 Å². The number of aromatic nitrogens is 1. The number of thiophene rings is 2. The van der Waals surface area contributed by atoms with E-state index in [0.29, 0.717) is 5.76 Å². The fraction of sp³-hybridized carbons (Fsp3) is 0.250. The van der Waals surface area contributed by atoms with Gasteiger partial charge in [-0.05, 0) is 47.7 Å². The molecule has 1 amide bonds. The van der Waals surface area contributed by atoms with Crippen molar-refractivity contribution in [1.82, 2.24) is 10.5 Å². The third-order valence-corrected chi connectivity index (χ3v) is 5.17. The largest absolute Gasteiger partial charge is 0.361 e. The van der Waals surface area contributed by atoms with Gasteiger partial charge in [0.1, 0.15) is 5.76 Å². The molecule has 3 rings (SSSR count). The minimum atomic E-state index is -0.0979. The predicted octanol–water partition coefficient (Wildman–Crippen LogP) is 3.86. The Hall–Kier alpha value is -1.92. The monoisotopic (exact) mass is 332 g/mol. The summed E-state index contributed by atoms with van der Waals surface area (Å²) in [6.07, 6.45) is 0.285. The summed E-state index contributed by atoms with van der Waals surface area (Å²) in [6.45, 7) is 3.69. The number of rotatable bonds is 5. The number of aryl methyl sites for hydroxylation is 2. The first-order valence-corrected chi connectivity index (χ1v) is 8.74. The Labute approximate surface area is 136 Å². The van der Waals surface area contributed by atoms with Crippen LogP contribution in [0.4, 0.5) is 0 Å². The highest BCUT2D eigenvalue weighted by molar-refractivity contribution is 7.10. The molecule has 0 saturated carbocycles. The van der Waals surface area contributed by atoms with Gasteiger partial charge in [-0.25, -0.2) is 0 Å². The first kappa shape index (κ1) is 15.0. The Morgan fingerprint density at radius 2 is 2.23 bits per heavy atom. The maximum absolute atomic E-state index is 12.4. The lowest BCUT2D eigenvalue weighted by Crippen LogP contribution is -2.30. The van der Waals surface area contributed by atoms with Gasteiger partial charge in [-0.1, -0.05) is 11.2 Å². The van der Waals surface area contributed by atoms with Gasteiger partial charge in [0, 0.05) is 10.4 Å². The van der Waals surface area contributed by atoms with E-state index in [9.17, 15) is 4.79 Å². The maximum atomic E-state index is 12.4. The Balaban J connectivity index is 1.78. The normalized spacial score (nSPS) is 12.3. The molecule has 114 valence electrons. The highest BCUT2D eigenvalue weighted by Gasteiger charge is 2.20. The van der Waals surface area contributed by atoms with E-state index in [1.54, 1.807) is 22.7 Å². The fourth-order valence-electron chi connectivity index (χ4n) is 2.34. The third kappa shape index (κ3) is 3.13. The summed E-state index contributed by atoms with van der Waals surface area (Å²) in [5, 5.41) is 13.1. The summed E-state index contributed by atoms with van der Waals surface area (Å²) in [4.78, 5) is 13.6. The van der Waals surface area contributed by atoms with Crippen molar-refractivity contribution in [3.05, 3.63) is 61.8 Å². The topological polar surface area (TPSA) is 55.1 Å². The minimum absolute atomic E-state index is 0.0287. The molecule has 0 bridgehead atoms. The van der Waals surface area contributed by atoms with Crippen LogP contribution in [0.2, 0.25) is 0 Å². The third-order valence-electron chi connectivity index (χ3n) is 3.53. The van der Waals surface area contributed by atoms with Crippen LogP contribution in [-0.2, 0) is 11.2 Å². The minimum Gasteiger partial charge on any atom is -0.361 e. The van der Waals surface area contributed by atoms with Gasteiger partial charge in [-0.2, -0.15) is 11.3 Å². The molecule has 0 saturated heterocycles. The van der Waals surface area contributed by atoms with Crippen LogP contribution >= 0.6 is 22.7 Å². The Bertz CT molecular complexity index is 692. The van der Waals surface area contributed by atoms with Crippen LogP contribution in [0.15, 0.2) is 38.9 Å². The van der Waals surface area contributed by atoms with E-state index in [1.807, 2.05) is 42.8 Å². The highest BCUT2D eigenvalue weighted by atomic mass is 32.1. The molecule has 0 spiro atoms. The molecule has 4 nitrogen and oxygen atoms in total. The number of carbonyl (C=O) groups excluding carboxylic acids is 1. The molecule has 0 fully saturated rings. The average molecular weight is 332 g/mol. The molecular weight excluding hydrogens is 316 g/mol. The van der Waals surface area contributed by atoms with E-state index in [0.717, 1.165) is 21.7 Å². The predicted molar refractivity (Wildman–Crippen MR) is 88.3 cm³/mol. The summed E-state index contributed by atoms with van der Waals surface area (Å²) in [5.74, 6) is 0.676. The van der Waals surface area contributed by atoms with Gasteiger partial charge >= 0.3 is 0 Å². The van der Waals surface area contributed by atoms with Crippen LogP contribution in [0.1, 0.15) is 33.5 Å². The molecule has 0 aliphatic heterocycles. The highest BCUT2D eigenvalue weighted by Crippen LogP contribution is 2.27. The van der Waals surface area contributed by atoms with Crippen LogP contribution < -0.4 is 5.32 Å². The van der Waals surface area contributed by atoms with Crippen molar-refractivity contribution in [3.8, 4) is 0 Å². The second kappa shape index (κ2) is 6.46. The molecular formula is C16H16N2O2S2. The molecule has 3 aromatic rings. The summed E-state index contributed by atoms with van der Waals surface area (Å²) in [7, 11) is 0. The zero-order valence-corrected chi connectivity index (χ0v) is 14.0. The van der Waals surface area contributed by atoms with Crippen LogP contribution in [0.5, 0.6) is 0 Å². The van der Waals surface area contributed by atoms with E-state index >= 15 is 0 Å². The van der Waals surface area contributed by atoms with Crippen molar-refractivity contribution < 1.29 is 9.32 Å². The summed E-state index contributed by atoms with van der Waals surface area (Å²) >= 11 is 3.28. The van der Waals surface area contributed by atoms with Gasteiger partial charge in [-0.3, -0.25) is 4.79 Å². The Kier molecular flexibility index (Phi) is 4.40. The van der Waals surface area contributed by atoms with E-state index in [1.165, 1.54) is 0 Å². The second-order valence-corrected chi connectivity index (χ2v) is 6.81. The summed E-state index contributed by atoms with van der Waals surface area (Å²) in [6, 6.07) is 5.99. The fourth-order valence-corrected chi connectivity index (χ4v) is 3.83. The number of amides is 1. The second-order valence-electron chi connectivity index (χ2n) is 5.05. The lowest BCUT2D eigenvalue weighted by molar-refractivity contribution is -0.120.